The number of halogens is 1. The summed E-state index contributed by atoms with van der Waals surface area (Å²) in [4.78, 5) is 2.28. The molecule has 26 heavy (non-hydrogen) atoms. The lowest BCUT2D eigenvalue weighted by atomic mass is 10.1. The summed E-state index contributed by atoms with van der Waals surface area (Å²) in [7, 11) is 1.66. The minimum absolute atomic E-state index is 0.135. The van der Waals surface area contributed by atoms with E-state index in [0.29, 0.717) is 26.3 Å². The molecule has 0 radical (unpaired) electrons. The van der Waals surface area contributed by atoms with Crippen LogP contribution in [0.4, 0.5) is 10.1 Å². The highest BCUT2D eigenvalue weighted by molar-refractivity contribution is 5.54. The number of hydrogen-bond acceptors (Lipinski definition) is 4. The molecular weight excluding hydrogens is 331 g/mol. The highest BCUT2D eigenvalue weighted by atomic mass is 19.1. The molecule has 3 rings (SSSR count). The Kier molecular flexibility index (Phi) is 6.86. The molecule has 2 aromatic carbocycles. The zero-order chi connectivity index (χ0) is 18.2. The van der Waals surface area contributed by atoms with E-state index in [9.17, 15) is 4.39 Å². The fraction of sp³-hybridized carbons (Fsp3) is 0.429. The van der Waals surface area contributed by atoms with E-state index >= 15 is 0 Å². The molecule has 140 valence electrons. The molecule has 1 heterocycles. The standard InChI is InChI=1S/C21H27FN2O2/c1-25-13-14-26-18-9-7-17(8-10-18)15-23-16-19-20(22)5-4-6-21(19)24-11-2-3-12-24/h4-10,23H,2-3,11-16H2,1H3. The van der Waals surface area contributed by atoms with Gasteiger partial charge in [0.15, 0.2) is 0 Å². The van der Waals surface area contributed by atoms with Gasteiger partial charge in [-0.3, -0.25) is 0 Å². The van der Waals surface area contributed by atoms with Gasteiger partial charge in [-0.2, -0.15) is 0 Å². The van der Waals surface area contributed by atoms with Gasteiger partial charge < -0.3 is 19.7 Å². The molecule has 5 heteroatoms. The Hall–Kier alpha value is -2.11. The molecule has 0 saturated carbocycles. The van der Waals surface area contributed by atoms with E-state index in [2.05, 4.69) is 10.2 Å². The Labute approximate surface area is 154 Å². The molecular formula is C21H27FN2O2. The summed E-state index contributed by atoms with van der Waals surface area (Å²) < 4.78 is 24.9. The third-order valence-electron chi connectivity index (χ3n) is 4.65. The molecule has 0 bridgehead atoms. The van der Waals surface area contributed by atoms with E-state index in [1.54, 1.807) is 19.2 Å². The van der Waals surface area contributed by atoms with Crippen molar-refractivity contribution in [3.05, 3.63) is 59.4 Å². The SMILES string of the molecule is COCCOc1ccc(CNCc2c(F)cccc2N2CCCC2)cc1. The average Bonchev–Trinajstić information content (AvgIpc) is 3.19. The van der Waals surface area contributed by atoms with Crippen molar-refractivity contribution in [2.75, 3.05) is 38.3 Å². The van der Waals surface area contributed by atoms with Gasteiger partial charge in [0.2, 0.25) is 0 Å². The molecule has 0 aliphatic carbocycles. The van der Waals surface area contributed by atoms with Gasteiger partial charge in [0, 0.05) is 44.5 Å². The molecule has 1 aliphatic rings. The molecule has 2 aromatic rings. The lowest BCUT2D eigenvalue weighted by molar-refractivity contribution is 0.146. The van der Waals surface area contributed by atoms with Gasteiger partial charge >= 0.3 is 0 Å². The Balaban J connectivity index is 1.55. The monoisotopic (exact) mass is 358 g/mol. The van der Waals surface area contributed by atoms with Crippen molar-refractivity contribution >= 4 is 5.69 Å². The van der Waals surface area contributed by atoms with Crippen LogP contribution in [0.5, 0.6) is 5.75 Å². The number of methoxy groups -OCH3 is 1. The van der Waals surface area contributed by atoms with Crippen LogP contribution in [-0.2, 0) is 17.8 Å². The minimum Gasteiger partial charge on any atom is -0.491 e. The predicted molar refractivity (Wildman–Crippen MR) is 102 cm³/mol. The van der Waals surface area contributed by atoms with Crippen LogP contribution in [-0.4, -0.2) is 33.4 Å². The maximum absolute atomic E-state index is 14.3. The summed E-state index contributed by atoms with van der Waals surface area (Å²) >= 11 is 0. The zero-order valence-corrected chi connectivity index (χ0v) is 15.3. The quantitative estimate of drug-likeness (QED) is 0.693. The van der Waals surface area contributed by atoms with Crippen LogP contribution < -0.4 is 15.0 Å². The second kappa shape index (κ2) is 9.55. The van der Waals surface area contributed by atoms with Crippen LogP contribution in [0.1, 0.15) is 24.0 Å². The lowest BCUT2D eigenvalue weighted by Gasteiger charge is -2.22. The molecule has 1 fully saturated rings. The van der Waals surface area contributed by atoms with Crippen molar-refractivity contribution in [1.82, 2.24) is 5.32 Å². The van der Waals surface area contributed by atoms with E-state index in [-0.39, 0.29) is 5.82 Å². The van der Waals surface area contributed by atoms with Crippen molar-refractivity contribution in [3.8, 4) is 5.75 Å². The van der Waals surface area contributed by atoms with Gasteiger partial charge in [0.25, 0.3) is 0 Å². The van der Waals surface area contributed by atoms with Crippen LogP contribution in [0.25, 0.3) is 0 Å². The van der Waals surface area contributed by atoms with Crippen molar-refractivity contribution in [2.45, 2.75) is 25.9 Å². The van der Waals surface area contributed by atoms with Crippen LogP contribution in [0.3, 0.4) is 0 Å². The maximum Gasteiger partial charge on any atom is 0.129 e. The van der Waals surface area contributed by atoms with Gasteiger partial charge in [-0.1, -0.05) is 18.2 Å². The third-order valence-corrected chi connectivity index (χ3v) is 4.65. The fourth-order valence-electron chi connectivity index (χ4n) is 3.25. The Morgan fingerprint density at radius 2 is 1.77 bits per heavy atom. The van der Waals surface area contributed by atoms with E-state index in [4.69, 9.17) is 9.47 Å². The van der Waals surface area contributed by atoms with E-state index in [0.717, 1.165) is 35.7 Å². The molecule has 4 nitrogen and oxygen atoms in total. The van der Waals surface area contributed by atoms with E-state index in [1.165, 1.54) is 12.8 Å². The zero-order valence-electron chi connectivity index (χ0n) is 15.3. The molecule has 1 saturated heterocycles. The molecule has 0 aromatic heterocycles. The van der Waals surface area contributed by atoms with Crippen molar-refractivity contribution < 1.29 is 13.9 Å². The van der Waals surface area contributed by atoms with Crippen molar-refractivity contribution in [3.63, 3.8) is 0 Å². The highest BCUT2D eigenvalue weighted by Crippen LogP contribution is 2.26. The van der Waals surface area contributed by atoms with Crippen LogP contribution in [0.2, 0.25) is 0 Å². The molecule has 0 atom stereocenters. The third kappa shape index (κ3) is 4.96. The summed E-state index contributed by atoms with van der Waals surface area (Å²) in [6, 6.07) is 13.3. The first kappa shape index (κ1) is 18.7. The topological polar surface area (TPSA) is 33.7 Å². The number of ether oxygens (including phenoxy) is 2. The number of hydrogen-bond donors (Lipinski definition) is 1. The van der Waals surface area contributed by atoms with Crippen molar-refractivity contribution in [2.24, 2.45) is 0 Å². The highest BCUT2D eigenvalue weighted by Gasteiger charge is 2.17. The second-order valence-electron chi connectivity index (χ2n) is 6.52. The summed E-state index contributed by atoms with van der Waals surface area (Å²) in [5, 5.41) is 3.37. The van der Waals surface area contributed by atoms with Crippen LogP contribution in [0, 0.1) is 5.82 Å². The lowest BCUT2D eigenvalue weighted by Crippen LogP contribution is -2.22. The summed E-state index contributed by atoms with van der Waals surface area (Å²) in [6.45, 7) is 4.35. The summed E-state index contributed by atoms with van der Waals surface area (Å²) in [5.41, 5.74) is 2.92. The summed E-state index contributed by atoms with van der Waals surface area (Å²) in [5.74, 6) is 0.694. The van der Waals surface area contributed by atoms with Gasteiger partial charge in [0.1, 0.15) is 18.2 Å². The number of rotatable bonds is 9. The minimum atomic E-state index is -0.135. The first-order valence-electron chi connectivity index (χ1n) is 9.21. The van der Waals surface area contributed by atoms with Gasteiger partial charge in [-0.15, -0.1) is 0 Å². The number of nitrogens with zero attached hydrogens (tertiary/aromatic N) is 1. The largest absolute Gasteiger partial charge is 0.491 e. The Morgan fingerprint density at radius 1 is 1.00 bits per heavy atom. The Morgan fingerprint density at radius 3 is 2.50 bits per heavy atom. The van der Waals surface area contributed by atoms with E-state index in [1.807, 2.05) is 30.3 Å². The number of nitrogens with one attached hydrogen (secondary N) is 1. The van der Waals surface area contributed by atoms with Gasteiger partial charge in [-0.25, -0.2) is 4.39 Å². The van der Waals surface area contributed by atoms with Gasteiger partial charge in [-0.05, 0) is 42.7 Å². The summed E-state index contributed by atoms with van der Waals surface area (Å²) in [6.07, 6.45) is 2.37. The van der Waals surface area contributed by atoms with Gasteiger partial charge in [0.05, 0.1) is 6.61 Å². The second-order valence-corrected chi connectivity index (χ2v) is 6.52. The van der Waals surface area contributed by atoms with E-state index < -0.39 is 0 Å². The molecule has 0 amide bonds. The number of anilines is 1. The molecule has 1 aliphatic heterocycles. The maximum atomic E-state index is 14.3. The van der Waals surface area contributed by atoms with Crippen LogP contribution >= 0.6 is 0 Å². The average molecular weight is 358 g/mol. The van der Waals surface area contributed by atoms with Crippen LogP contribution in [0.15, 0.2) is 42.5 Å². The van der Waals surface area contributed by atoms with Crippen molar-refractivity contribution in [1.29, 1.82) is 0 Å². The molecule has 0 unspecified atom stereocenters. The molecule has 0 spiro atoms. The normalized spacial score (nSPS) is 14.0. The first-order valence-corrected chi connectivity index (χ1v) is 9.21. The Bertz CT molecular complexity index is 685. The fourth-order valence-corrected chi connectivity index (χ4v) is 3.25. The molecule has 1 N–H and O–H groups in total. The smallest absolute Gasteiger partial charge is 0.129 e. The first-order chi connectivity index (χ1) is 12.8. The number of benzene rings is 2. The predicted octanol–water partition coefficient (Wildman–Crippen LogP) is 3.74.